The zero-order chi connectivity index (χ0) is 20.2. The van der Waals surface area contributed by atoms with Crippen LogP contribution in [0.2, 0.25) is 0 Å². The molecule has 0 spiro atoms. The van der Waals surface area contributed by atoms with E-state index in [1.165, 1.54) is 18.4 Å². The van der Waals surface area contributed by atoms with Crippen LogP contribution in [0.1, 0.15) is 47.2 Å². The standard InChI is InChI=1S/C25H31NO3/c1-28-23-15-20-8-9-21(25(27)22(20)16-24(23)29-2)14-18-10-12-26(13-11-18)17-19-6-4-3-5-7-19/h3-7,15-16,18,21H,8-14,17H2,1-2H3. The molecule has 1 unspecified atom stereocenters. The summed E-state index contributed by atoms with van der Waals surface area (Å²) in [5.74, 6) is 2.45. The number of aryl methyl sites for hydroxylation is 1. The summed E-state index contributed by atoms with van der Waals surface area (Å²) in [4.78, 5) is 15.7. The molecule has 154 valence electrons. The fourth-order valence-corrected chi connectivity index (χ4v) is 4.89. The van der Waals surface area contributed by atoms with E-state index in [0.717, 1.165) is 50.0 Å². The van der Waals surface area contributed by atoms with Gasteiger partial charge in [0.05, 0.1) is 14.2 Å². The van der Waals surface area contributed by atoms with Gasteiger partial charge in [0.15, 0.2) is 17.3 Å². The van der Waals surface area contributed by atoms with E-state index in [-0.39, 0.29) is 5.92 Å². The maximum absolute atomic E-state index is 13.2. The van der Waals surface area contributed by atoms with Crippen LogP contribution in [0.4, 0.5) is 0 Å². The molecule has 2 aromatic rings. The molecule has 0 aromatic heterocycles. The van der Waals surface area contributed by atoms with Crippen LogP contribution in [-0.4, -0.2) is 38.0 Å². The minimum Gasteiger partial charge on any atom is -0.493 e. The van der Waals surface area contributed by atoms with Crippen molar-refractivity contribution in [1.82, 2.24) is 4.90 Å². The molecule has 0 N–H and O–H groups in total. The number of nitrogens with zero attached hydrogens (tertiary/aromatic N) is 1. The number of benzene rings is 2. The number of methoxy groups -OCH3 is 2. The van der Waals surface area contributed by atoms with Gasteiger partial charge in [0.25, 0.3) is 0 Å². The molecule has 1 heterocycles. The second-order valence-electron chi connectivity index (χ2n) is 8.41. The van der Waals surface area contributed by atoms with Crippen LogP contribution in [0.3, 0.4) is 0 Å². The molecule has 2 aliphatic rings. The van der Waals surface area contributed by atoms with Crippen molar-refractivity contribution in [3.8, 4) is 11.5 Å². The van der Waals surface area contributed by atoms with Crippen molar-refractivity contribution >= 4 is 5.78 Å². The predicted octanol–water partition coefficient (Wildman–Crippen LogP) is 4.75. The lowest BCUT2D eigenvalue weighted by Crippen LogP contribution is -2.35. The van der Waals surface area contributed by atoms with E-state index >= 15 is 0 Å². The minimum atomic E-state index is 0.145. The molecule has 4 nitrogen and oxygen atoms in total. The number of Topliss-reactive ketones (excluding diaryl/α,β-unsaturated/α-hetero) is 1. The minimum absolute atomic E-state index is 0.145. The molecule has 4 heteroatoms. The molecule has 0 amide bonds. The van der Waals surface area contributed by atoms with E-state index in [9.17, 15) is 4.79 Å². The zero-order valence-electron chi connectivity index (χ0n) is 17.5. The third kappa shape index (κ3) is 4.48. The molecule has 1 atom stereocenters. The Labute approximate surface area is 173 Å². The molecule has 29 heavy (non-hydrogen) atoms. The van der Waals surface area contributed by atoms with Gasteiger partial charge in [-0.15, -0.1) is 0 Å². The Kier molecular flexibility index (Phi) is 6.19. The first kappa shape index (κ1) is 20.0. The van der Waals surface area contributed by atoms with E-state index in [0.29, 0.717) is 23.2 Å². The van der Waals surface area contributed by atoms with Gasteiger partial charge in [-0.05, 0) is 74.4 Å². The molecule has 2 aromatic carbocycles. The van der Waals surface area contributed by atoms with E-state index < -0.39 is 0 Å². The Hall–Kier alpha value is -2.33. The fraction of sp³-hybridized carbons (Fsp3) is 0.480. The average molecular weight is 394 g/mol. The molecular formula is C25H31NO3. The SMILES string of the molecule is COc1cc2c(cc1OC)C(=O)C(CC1CCN(Cc3ccccc3)CC1)CC2. The number of likely N-dealkylation sites (tertiary alicyclic amines) is 1. The van der Waals surface area contributed by atoms with Crippen LogP contribution >= 0.6 is 0 Å². The van der Waals surface area contributed by atoms with Crippen molar-refractivity contribution in [2.75, 3.05) is 27.3 Å². The Morgan fingerprint density at radius 2 is 1.66 bits per heavy atom. The molecule has 1 saturated heterocycles. The highest BCUT2D eigenvalue weighted by atomic mass is 16.5. The summed E-state index contributed by atoms with van der Waals surface area (Å²) in [6.45, 7) is 3.29. The summed E-state index contributed by atoms with van der Waals surface area (Å²) in [5, 5.41) is 0. The number of piperidine rings is 1. The Bertz CT molecular complexity index is 841. The van der Waals surface area contributed by atoms with Gasteiger partial charge in [0, 0.05) is 18.0 Å². The number of carbonyl (C=O) groups is 1. The van der Waals surface area contributed by atoms with Crippen LogP contribution < -0.4 is 9.47 Å². The van der Waals surface area contributed by atoms with E-state index in [4.69, 9.17) is 9.47 Å². The second-order valence-corrected chi connectivity index (χ2v) is 8.41. The summed E-state index contributed by atoms with van der Waals surface area (Å²) in [6.07, 6.45) is 5.29. The lowest BCUT2D eigenvalue weighted by atomic mass is 9.76. The molecule has 4 rings (SSSR count). The number of ketones is 1. The number of carbonyl (C=O) groups excluding carboxylic acids is 1. The lowest BCUT2D eigenvalue weighted by molar-refractivity contribution is 0.0853. The van der Waals surface area contributed by atoms with Crippen molar-refractivity contribution in [3.05, 3.63) is 59.2 Å². The fourth-order valence-electron chi connectivity index (χ4n) is 4.89. The van der Waals surface area contributed by atoms with Gasteiger partial charge < -0.3 is 9.47 Å². The highest BCUT2D eigenvalue weighted by molar-refractivity contribution is 6.00. The molecule has 0 radical (unpaired) electrons. The maximum atomic E-state index is 13.2. The van der Waals surface area contributed by atoms with Crippen LogP contribution in [0.15, 0.2) is 42.5 Å². The summed E-state index contributed by atoms with van der Waals surface area (Å²) in [6, 6.07) is 14.6. The summed E-state index contributed by atoms with van der Waals surface area (Å²) < 4.78 is 10.8. The van der Waals surface area contributed by atoms with Gasteiger partial charge in [0.2, 0.25) is 0 Å². The highest BCUT2D eigenvalue weighted by Crippen LogP contribution is 2.38. The van der Waals surface area contributed by atoms with Gasteiger partial charge in [-0.25, -0.2) is 0 Å². The first-order valence-corrected chi connectivity index (χ1v) is 10.7. The van der Waals surface area contributed by atoms with Crippen molar-refractivity contribution in [3.63, 3.8) is 0 Å². The van der Waals surface area contributed by atoms with Crippen molar-refractivity contribution < 1.29 is 14.3 Å². The number of fused-ring (bicyclic) bond motifs is 1. The van der Waals surface area contributed by atoms with Gasteiger partial charge >= 0.3 is 0 Å². The van der Waals surface area contributed by atoms with Crippen LogP contribution in [-0.2, 0) is 13.0 Å². The first-order chi connectivity index (χ1) is 14.2. The second kappa shape index (κ2) is 9.00. The molecule has 1 fully saturated rings. The number of ether oxygens (including phenoxy) is 2. The van der Waals surface area contributed by atoms with Crippen molar-refractivity contribution in [2.24, 2.45) is 11.8 Å². The Morgan fingerprint density at radius 1 is 0.966 bits per heavy atom. The monoisotopic (exact) mass is 393 g/mol. The summed E-state index contributed by atoms with van der Waals surface area (Å²) >= 11 is 0. The Morgan fingerprint density at radius 3 is 2.34 bits per heavy atom. The van der Waals surface area contributed by atoms with E-state index in [1.807, 2.05) is 12.1 Å². The number of rotatable bonds is 6. The van der Waals surface area contributed by atoms with Gasteiger partial charge in [-0.3, -0.25) is 9.69 Å². The number of hydrogen-bond acceptors (Lipinski definition) is 4. The summed E-state index contributed by atoms with van der Waals surface area (Å²) in [5.41, 5.74) is 3.32. The highest BCUT2D eigenvalue weighted by Gasteiger charge is 2.32. The molecule has 1 aliphatic carbocycles. The first-order valence-electron chi connectivity index (χ1n) is 10.7. The average Bonchev–Trinajstić information content (AvgIpc) is 2.77. The van der Waals surface area contributed by atoms with Crippen molar-refractivity contribution in [2.45, 2.75) is 38.6 Å². The van der Waals surface area contributed by atoms with Gasteiger partial charge in [-0.1, -0.05) is 30.3 Å². The molecule has 0 saturated carbocycles. The zero-order valence-corrected chi connectivity index (χ0v) is 17.5. The maximum Gasteiger partial charge on any atom is 0.166 e. The molecule has 1 aliphatic heterocycles. The normalized spacial score (nSPS) is 20.3. The summed E-state index contributed by atoms with van der Waals surface area (Å²) in [7, 11) is 3.26. The van der Waals surface area contributed by atoms with Crippen LogP contribution in [0.25, 0.3) is 0 Å². The van der Waals surface area contributed by atoms with E-state index in [1.54, 1.807) is 14.2 Å². The quantitative estimate of drug-likeness (QED) is 0.710. The van der Waals surface area contributed by atoms with E-state index in [2.05, 4.69) is 35.2 Å². The van der Waals surface area contributed by atoms with Crippen molar-refractivity contribution in [1.29, 1.82) is 0 Å². The van der Waals surface area contributed by atoms with Crippen LogP contribution in [0.5, 0.6) is 11.5 Å². The van der Waals surface area contributed by atoms with Gasteiger partial charge in [-0.2, -0.15) is 0 Å². The smallest absolute Gasteiger partial charge is 0.166 e. The topological polar surface area (TPSA) is 38.8 Å². The Balaban J connectivity index is 1.35. The largest absolute Gasteiger partial charge is 0.493 e. The lowest BCUT2D eigenvalue weighted by Gasteiger charge is -2.34. The molecular weight excluding hydrogens is 362 g/mol. The predicted molar refractivity (Wildman–Crippen MR) is 115 cm³/mol. The number of hydrogen-bond donors (Lipinski definition) is 0. The van der Waals surface area contributed by atoms with Crippen LogP contribution in [0, 0.1) is 11.8 Å². The third-order valence-electron chi connectivity index (χ3n) is 6.58. The molecule has 0 bridgehead atoms. The van der Waals surface area contributed by atoms with Gasteiger partial charge in [0.1, 0.15) is 0 Å². The third-order valence-corrected chi connectivity index (χ3v) is 6.58.